The Balaban J connectivity index is 2.46. The van der Waals surface area contributed by atoms with Gasteiger partial charge in [-0.15, -0.1) is 0 Å². The van der Waals surface area contributed by atoms with Crippen LogP contribution in [0.1, 0.15) is 27.2 Å². The summed E-state index contributed by atoms with van der Waals surface area (Å²) in [5.74, 6) is 0. The van der Waals surface area contributed by atoms with Gasteiger partial charge < -0.3 is 20.1 Å². The van der Waals surface area contributed by atoms with Gasteiger partial charge in [-0.05, 0) is 20.4 Å². The standard InChI is InChI=1S/C13H28N2O2/c1-11(2)14-8-13(5-6-17-10-13)9-15(4)7-12(3)16/h11-12,14,16H,5-10H2,1-4H3. The molecular weight excluding hydrogens is 216 g/mol. The number of hydrogen-bond acceptors (Lipinski definition) is 4. The van der Waals surface area contributed by atoms with Crippen molar-refractivity contribution in [2.75, 3.05) is 39.9 Å². The first-order chi connectivity index (χ1) is 7.93. The summed E-state index contributed by atoms with van der Waals surface area (Å²) in [7, 11) is 2.07. The topological polar surface area (TPSA) is 44.7 Å². The largest absolute Gasteiger partial charge is 0.392 e. The van der Waals surface area contributed by atoms with Crippen molar-refractivity contribution < 1.29 is 9.84 Å². The Labute approximate surface area is 105 Å². The number of rotatable bonds is 7. The maximum atomic E-state index is 9.41. The molecule has 0 saturated carbocycles. The minimum Gasteiger partial charge on any atom is -0.392 e. The first-order valence-corrected chi connectivity index (χ1v) is 6.61. The number of nitrogens with zero attached hydrogens (tertiary/aromatic N) is 1. The highest BCUT2D eigenvalue weighted by atomic mass is 16.5. The molecule has 102 valence electrons. The Morgan fingerprint density at radius 2 is 2.12 bits per heavy atom. The van der Waals surface area contributed by atoms with Crippen LogP contribution >= 0.6 is 0 Å². The molecule has 4 heteroatoms. The highest BCUT2D eigenvalue weighted by Crippen LogP contribution is 2.29. The Morgan fingerprint density at radius 1 is 1.41 bits per heavy atom. The van der Waals surface area contributed by atoms with Crippen molar-refractivity contribution in [1.82, 2.24) is 10.2 Å². The van der Waals surface area contributed by atoms with Gasteiger partial charge in [-0.3, -0.25) is 0 Å². The zero-order valence-electron chi connectivity index (χ0n) is 11.7. The molecule has 2 unspecified atom stereocenters. The van der Waals surface area contributed by atoms with Crippen molar-refractivity contribution >= 4 is 0 Å². The number of likely N-dealkylation sites (N-methyl/N-ethyl adjacent to an activating group) is 1. The molecule has 1 aliphatic heterocycles. The van der Waals surface area contributed by atoms with Crippen LogP contribution in [0.15, 0.2) is 0 Å². The van der Waals surface area contributed by atoms with Crippen LogP contribution in [0.25, 0.3) is 0 Å². The van der Waals surface area contributed by atoms with Crippen molar-refractivity contribution in [3.63, 3.8) is 0 Å². The number of aliphatic hydroxyl groups is 1. The molecule has 0 spiro atoms. The molecule has 1 saturated heterocycles. The summed E-state index contributed by atoms with van der Waals surface area (Å²) in [6, 6.07) is 0.509. The molecular formula is C13H28N2O2. The van der Waals surface area contributed by atoms with E-state index in [4.69, 9.17) is 4.74 Å². The molecule has 1 heterocycles. The molecule has 0 aromatic rings. The van der Waals surface area contributed by atoms with Crippen LogP contribution in [-0.4, -0.2) is 62.0 Å². The second-order valence-corrected chi connectivity index (χ2v) is 5.88. The number of aliphatic hydroxyl groups excluding tert-OH is 1. The summed E-state index contributed by atoms with van der Waals surface area (Å²) in [5, 5.41) is 12.9. The van der Waals surface area contributed by atoms with E-state index in [1.165, 1.54) is 0 Å². The van der Waals surface area contributed by atoms with E-state index in [0.717, 1.165) is 39.3 Å². The van der Waals surface area contributed by atoms with Crippen molar-refractivity contribution in [2.24, 2.45) is 5.41 Å². The molecule has 2 atom stereocenters. The van der Waals surface area contributed by atoms with Gasteiger partial charge in [0, 0.05) is 37.7 Å². The van der Waals surface area contributed by atoms with Crippen LogP contribution in [0.2, 0.25) is 0 Å². The van der Waals surface area contributed by atoms with E-state index in [1.54, 1.807) is 0 Å². The van der Waals surface area contributed by atoms with Crippen molar-refractivity contribution in [3.8, 4) is 0 Å². The van der Waals surface area contributed by atoms with Gasteiger partial charge in [0.1, 0.15) is 0 Å². The molecule has 2 N–H and O–H groups in total. The molecule has 4 nitrogen and oxygen atoms in total. The Hall–Kier alpha value is -0.160. The predicted molar refractivity (Wildman–Crippen MR) is 70.2 cm³/mol. The summed E-state index contributed by atoms with van der Waals surface area (Å²) in [5.41, 5.74) is 0.216. The van der Waals surface area contributed by atoms with E-state index >= 15 is 0 Å². The van der Waals surface area contributed by atoms with Crippen molar-refractivity contribution in [3.05, 3.63) is 0 Å². The fourth-order valence-corrected chi connectivity index (χ4v) is 2.48. The average Bonchev–Trinajstić information content (AvgIpc) is 2.62. The van der Waals surface area contributed by atoms with E-state index in [2.05, 4.69) is 31.1 Å². The third-order valence-electron chi connectivity index (χ3n) is 3.25. The fourth-order valence-electron chi connectivity index (χ4n) is 2.48. The van der Waals surface area contributed by atoms with Gasteiger partial charge in [0.2, 0.25) is 0 Å². The minimum absolute atomic E-state index is 0.216. The van der Waals surface area contributed by atoms with Gasteiger partial charge in [-0.2, -0.15) is 0 Å². The zero-order chi connectivity index (χ0) is 12.9. The highest BCUT2D eigenvalue weighted by molar-refractivity contribution is 4.88. The second-order valence-electron chi connectivity index (χ2n) is 5.88. The molecule has 17 heavy (non-hydrogen) atoms. The van der Waals surface area contributed by atoms with Crippen LogP contribution in [0.3, 0.4) is 0 Å². The Kier molecular flexibility index (Phi) is 5.86. The van der Waals surface area contributed by atoms with Gasteiger partial charge in [-0.25, -0.2) is 0 Å². The Morgan fingerprint density at radius 3 is 2.59 bits per heavy atom. The second kappa shape index (κ2) is 6.69. The summed E-state index contributed by atoms with van der Waals surface area (Å²) in [4.78, 5) is 2.21. The molecule has 0 radical (unpaired) electrons. The first-order valence-electron chi connectivity index (χ1n) is 6.61. The molecule has 0 aromatic carbocycles. The highest BCUT2D eigenvalue weighted by Gasteiger charge is 2.35. The molecule has 0 amide bonds. The number of nitrogens with one attached hydrogen (secondary N) is 1. The van der Waals surface area contributed by atoms with Crippen LogP contribution in [0, 0.1) is 5.41 Å². The number of hydrogen-bond donors (Lipinski definition) is 2. The number of ether oxygens (including phenoxy) is 1. The SMILES string of the molecule is CC(O)CN(C)CC1(CNC(C)C)CCOC1. The van der Waals surface area contributed by atoms with Crippen LogP contribution in [-0.2, 0) is 4.74 Å². The van der Waals surface area contributed by atoms with Crippen molar-refractivity contribution in [1.29, 1.82) is 0 Å². The van der Waals surface area contributed by atoms with Crippen LogP contribution in [0.4, 0.5) is 0 Å². The lowest BCUT2D eigenvalue weighted by Crippen LogP contribution is -2.46. The molecule has 0 aromatic heterocycles. The van der Waals surface area contributed by atoms with Gasteiger partial charge in [0.25, 0.3) is 0 Å². The lowest BCUT2D eigenvalue weighted by molar-refractivity contribution is 0.0875. The molecule has 0 aliphatic carbocycles. The maximum absolute atomic E-state index is 9.41. The van der Waals surface area contributed by atoms with Gasteiger partial charge >= 0.3 is 0 Å². The monoisotopic (exact) mass is 244 g/mol. The minimum atomic E-state index is -0.266. The molecule has 0 bridgehead atoms. The summed E-state index contributed by atoms with van der Waals surface area (Å²) in [6.45, 7) is 10.6. The molecule has 1 aliphatic rings. The summed E-state index contributed by atoms with van der Waals surface area (Å²) in [6.07, 6.45) is 0.842. The lowest BCUT2D eigenvalue weighted by atomic mass is 9.86. The normalized spacial score (nSPS) is 27.0. The van der Waals surface area contributed by atoms with Crippen molar-refractivity contribution in [2.45, 2.75) is 39.3 Å². The maximum Gasteiger partial charge on any atom is 0.0638 e. The van der Waals surface area contributed by atoms with E-state index in [9.17, 15) is 5.11 Å². The van der Waals surface area contributed by atoms with Crippen LogP contribution in [0.5, 0.6) is 0 Å². The van der Waals surface area contributed by atoms with Crippen LogP contribution < -0.4 is 5.32 Å². The van der Waals surface area contributed by atoms with E-state index in [0.29, 0.717) is 6.04 Å². The molecule has 1 fully saturated rings. The van der Waals surface area contributed by atoms with Gasteiger partial charge in [0.05, 0.1) is 12.7 Å². The summed E-state index contributed by atoms with van der Waals surface area (Å²) < 4.78 is 5.57. The van der Waals surface area contributed by atoms with E-state index in [1.807, 2.05) is 6.92 Å². The van der Waals surface area contributed by atoms with Gasteiger partial charge in [0.15, 0.2) is 0 Å². The van der Waals surface area contributed by atoms with E-state index < -0.39 is 0 Å². The Bertz CT molecular complexity index is 213. The van der Waals surface area contributed by atoms with Gasteiger partial charge in [-0.1, -0.05) is 13.8 Å². The summed E-state index contributed by atoms with van der Waals surface area (Å²) >= 11 is 0. The third kappa shape index (κ3) is 5.34. The third-order valence-corrected chi connectivity index (χ3v) is 3.25. The quantitative estimate of drug-likeness (QED) is 0.692. The average molecular weight is 244 g/mol. The first kappa shape index (κ1) is 14.9. The fraction of sp³-hybridized carbons (Fsp3) is 1.00. The molecule has 1 rings (SSSR count). The zero-order valence-corrected chi connectivity index (χ0v) is 11.7. The predicted octanol–water partition coefficient (Wildman–Crippen LogP) is 0.704. The lowest BCUT2D eigenvalue weighted by Gasteiger charge is -2.33. The van der Waals surface area contributed by atoms with E-state index in [-0.39, 0.29) is 11.5 Å². The smallest absolute Gasteiger partial charge is 0.0638 e.